The molecule has 1 aromatic heterocycles. The number of methoxy groups -OCH3 is 1. The maximum Gasteiger partial charge on any atom is 0.311 e. The van der Waals surface area contributed by atoms with Gasteiger partial charge in [0.1, 0.15) is 0 Å². The first-order valence-electron chi connectivity index (χ1n) is 11.6. The second kappa shape index (κ2) is 9.51. The average molecular weight is 440 g/mol. The summed E-state index contributed by atoms with van der Waals surface area (Å²) in [5, 5.41) is 21.7. The number of hydrogen-bond acceptors (Lipinski definition) is 6. The van der Waals surface area contributed by atoms with Crippen LogP contribution < -0.4 is 0 Å². The van der Waals surface area contributed by atoms with Gasteiger partial charge in [-0.15, -0.1) is 0 Å². The van der Waals surface area contributed by atoms with Crippen LogP contribution in [0.1, 0.15) is 50.5 Å². The van der Waals surface area contributed by atoms with Gasteiger partial charge in [0.2, 0.25) is 0 Å². The minimum atomic E-state index is -0.746. The largest absolute Gasteiger partial charge is 0.469 e. The highest BCUT2D eigenvalue weighted by molar-refractivity contribution is 5.84. The number of aliphatic hydroxyl groups excluding tert-OH is 1. The Morgan fingerprint density at radius 1 is 1.31 bits per heavy atom. The standard InChI is InChI=1S/C25H33N3O4/c1-15(2)32-22-12-19-16(8-9-21(29)23(19)25(30)31-3)13-28(14-26)11-10-18-17-6-4-5-7-20(17)27-24(18)22/h4-7,15-16,19,21-23,27,29H,8-13H2,1-3H3/t16-,19?,21-,22-,23+/m0/s1. The summed E-state index contributed by atoms with van der Waals surface area (Å²) >= 11 is 0. The number of para-hydroxylation sites is 1. The Hall–Kier alpha value is -2.56. The number of esters is 1. The molecule has 2 aliphatic rings. The molecule has 0 amide bonds. The van der Waals surface area contributed by atoms with Crippen LogP contribution in [0.5, 0.6) is 0 Å². The molecule has 0 saturated heterocycles. The molecule has 2 aromatic rings. The van der Waals surface area contributed by atoms with Crippen LogP contribution >= 0.6 is 0 Å². The van der Waals surface area contributed by atoms with Crippen molar-refractivity contribution in [3.63, 3.8) is 0 Å². The zero-order chi connectivity index (χ0) is 22.8. The fraction of sp³-hybridized carbons (Fsp3) is 0.600. The molecular weight excluding hydrogens is 406 g/mol. The van der Waals surface area contributed by atoms with Gasteiger partial charge in [0, 0.05) is 29.7 Å². The lowest BCUT2D eigenvalue weighted by Gasteiger charge is -2.43. The minimum Gasteiger partial charge on any atom is -0.469 e. The van der Waals surface area contributed by atoms with Crippen molar-refractivity contribution in [1.82, 2.24) is 9.88 Å². The maximum absolute atomic E-state index is 12.7. The van der Waals surface area contributed by atoms with Crippen molar-refractivity contribution in [3.8, 4) is 6.19 Å². The summed E-state index contributed by atoms with van der Waals surface area (Å²) in [6.45, 7) is 5.22. The van der Waals surface area contributed by atoms with Crippen LogP contribution in [0.2, 0.25) is 0 Å². The van der Waals surface area contributed by atoms with Crippen LogP contribution in [0.25, 0.3) is 10.9 Å². The molecule has 5 atom stereocenters. The number of H-pyrrole nitrogens is 1. The van der Waals surface area contributed by atoms with Crippen molar-refractivity contribution in [1.29, 1.82) is 5.26 Å². The molecule has 1 unspecified atom stereocenters. The van der Waals surface area contributed by atoms with E-state index in [1.807, 2.05) is 26.0 Å². The second-order valence-electron chi connectivity index (χ2n) is 9.39. The third-order valence-electron chi connectivity index (χ3n) is 7.11. The highest BCUT2D eigenvalue weighted by atomic mass is 16.5. The normalized spacial score (nSPS) is 28.6. The fourth-order valence-corrected chi connectivity index (χ4v) is 5.68. The van der Waals surface area contributed by atoms with Gasteiger partial charge in [0.05, 0.1) is 31.3 Å². The third kappa shape index (κ3) is 4.35. The highest BCUT2D eigenvalue weighted by Gasteiger charge is 2.46. The molecule has 0 spiro atoms. The molecule has 0 bridgehead atoms. The molecule has 7 heteroatoms. The number of hydrogen-bond donors (Lipinski definition) is 2. The predicted molar refractivity (Wildman–Crippen MR) is 120 cm³/mol. The first-order chi connectivity index (χ1) is 15.4. The van der Waals surface area contributed by atoms with Crippen LogP contribution in [0.15, 0.2) is 24.3 Å². The molecule has 32 heavy (non-hydrogen) atoms. The lowest BCUT2D eigenvalue weighted by atomic mass is 9.67. The molecule has 1 fully saturated rings. The zero-order valence-electron chi connectivity index (χ0n) is 19.1. The summed E-state index contributed by atoms with van der Waals surface area (Å²) in [4.78, 5) is 18.1. The second-order valence-corrected chi connectivity index (χ2v) is 9.39. The van der Waals surface area contributed by atoms with Gasteiger partial charge in [-0.1, -0.05) is 18.2 Å². The average Bonchev–Trinajstić information content (AvgIpc) is 3.15. The van der Waals surface area contributed by atoms with E-state index in [1.54, 1.807) is 4.90 Å². The minimum absolute atomic E-state index is 0.00125. The lowest BCUT2D eigenvalue weighted by Crippen LogP contribution is -2.47. The number of benzene rings is 1. The van der Waals surface area contributed by atoms with Crippen molar-refractivity contribution in [3.05, 3.63) is 35.5 Å². The van der Waals surface area contributed by atoms with Gasteiger partial charge in [-0.3, -0.25) is 4.79 Å². The van der Waals surface area contributed by atoms with Crippen LogP contribution in [0, 0.1) is 29.2 Å². The molecule has 2 heterocycles. The quantitative estimate of drug-likeness (QED) is 0.561. The summed E-state index contributed by atoms with van der Waals surface area (Å²) in [6.07, 6.45) is 3.99. The van der Waals surface area contributed by atoms with Crippen LogP contribution in [0.3, 0.4) is 0 Å². The number of nitriles is 1. The molecule has 0 radical (unpaired) electrons. The van der Waals surface area contributed by atoms with Crippen molar-refractivity contribution in [2.24, 2.45) is 17.8 Å². The fourth-order valence-electron chi connectivity index (χ4n) is 5.68. The first-order valence-corrected chi connectivity index (χ1v) is 11.6. The van der Waals surface area contributed by atoms with Gasteiger partial charge in [-0.05, 0) is 63.0 Å². The maximum atomic E-state index is 12.7. The van der Waals surface area contributed by atoms with E-state index in [4.69, 9.17) is 9.47 Å². The first kappa shape index (κ1) is 22.6. The third-order valence-corrected chi connectivity index (χ3v) is 7.11. The number of aliphatic hydroxyl groups is 1. The van der Waals surface area contributed by atoms with E-state index in [2.05, 4.69) is 23.3 Å². The topological polar surface area (TPSA) is 98.6 Å². The molecule has 1 aromatic carbocycles. The summed E-state index contributed by atoms with van der Waals surface area (Å²) < 4.78 is 11.5. The van der Waals surface area contributed by atoms with E-state index >= 15 is 0 Å². The van der Waals surface area contributed by atoms with Crippen LogP contribution in [-0.2, 0) is 20.7 Å². The SMILES string of the molecule is COC(=O)[C@@H]1C2C[C@H](OC(C)C)c3[nH]c4ccccc4c3CCN(C#N)C[C@@H]2CC[C@@H]1O. The van der Waals surface area contributed by atoms with Crippen molar-refractivity contribution >= 4 is 16.9 Å². The lowest BCUT2D eigenvalue weighted by molar-refractivity contribution is -0.158. The van der Waals surface area contributed by atoms with Crippen molar-refractivity contribution in [2.45, 2.75) is 57.8 Å². The molecule has 2 N–H and O–H groups in total. The highest BCUT2D eigenvalue weighted by Crippen LogP contribution is 2.44. The molecule has 1 aliphatic heterocycles. The molecular formula is C25H33N3O4. The Bertz CT molecular complexity index is 995. The van der Waals surface area contributed by atoms with Crippen LogP contribution in [-0.4, -0.2) is 53.4 Å². The number of fused-ring (bicyclic) bond motifs is 4. The molecule has 172 valence electrons. The molecule has 1 saturated carbocycles. The Morgan fingerprint density at radius 2 is 2.09 bits per heavy atom. The summed E-state index contributed by atoms with van der Waals surface area (Å²) in [7, 11) is 1.37. The van der Waals surface area contributed by atoms with E-state index in [-0.39, 0.29) is 30.0 Å². The molecule has 4 rings (SSSR count). The predicted octanol–water partition coefficient (Wildman–Crippen LogP) is 3.54. The zero-order valence-corrected chi connectivity index (χ0v) is 19.1. The van der Waals surface area contributed by atoms with Gasteiger partial charge >= 0.3 is 5.97 Å². The van der Waals surface area contributed by atoms with E-state index < -0.39 is 12.0 Å². The van der Waals surface area contributed by atoms with E-state index in [0.29, 0.717) is 25.9 Å². The van der Waals surface area contributed by atoms with E-state index in [0.717, 1.165) is 35.0 Å². The number of nitrogens with one attached hydrogen (secondary N) is 1. The number of aromatic nitrogens is 1. The summed E-state index contributed by atoms with van der Waals surface area (Å²) in [5.41, 5.74) is 3.22. The van der Waals surface area contributed by atoms with Gasteiger partial charge in [-0.2, -0.15) is 5.26 Å². The number of ether oxygens (including phenoxy) is 2. The Balaban J connectivity index is 1.83. The number of carbonyl (C=O) groups is 1. The van der Waals surface area contributed by atoms with Gasteiger partial charge in [0.25, 0.3) is 0 Å². The monoisotopic (exact) mass is 439 g/mol. The van der Waals surface area contributed by atoms with Crippen molar-refractivity contribution < 1.29 is 19.4 Å². The van der Waals surface area contributed by atoms with Gasteiger partial charge in [-0.25, -0.2) is 0 Å². The molecule has 7 nitrogen and oxygen atoms in total. The van der Waals surface area contributed by atoms with E-state index in [9.17, 15) is 15.2 Å². The Kier molecular flexibility index (Phi) is 6.73. The number of nitrogens with zero attached hydrogens (tertiary/aromatic N) is 2. The van der Waals surface area contributed by atoms with E-state index in [1.165, 1.54) is 7.11 Å². The number of aromatic amines is 1. The van der Waals surface area contributed by atoms with Gasteiger partial charge < -0.3 is 24.5 Å². The molecule has 1 aliphatic carbocycles. The number of rotatable bonds is 3. The summed E-state index contributed by atoms with van der Waals surface area (Å²) in [5.74, 6) is -1.05. The number of carbonyl (C=O) groups excluding carboxylic acids is 1. The smallest absolute Gasteiger partial charge is 0.311 e. The Morgan fingerprint density at radius 3 is 2.81 bits per heavy atom. The van der Waals surface area contributed by atoms with Crippen molar-refractivity contribution in [2.75, 3.05) is 20.2 Å². The Labute approximate surface area is 189 Å². The van der Waals surface area contributed by atoms with Crippen LogP contribution in [0.4, 0.5) is 0 Å². The van der Waals surface area contributed by atoms with Gasteiger partial charge in [0.15, 0.2) is 6.19 Å². The summed E-state index contributed by atoms with van der Waals surface area (Å²) in [6, 6.07) is 8.19.